The number of nitrogens with zero attached hydrogens (tertiary/aromatic N) is 1. The van der Waals surface area contributed by atoms with Gasteiger partial charge in [0.25, 0.3) is 5.91 Å². The number of carbonyl (C=O) groups is 2. The van der Waals surface area contributed by atoms with E-state index in [0.29, 0.717) is 6.42 Å². The Morgan fingerprint density at radius 2 is 1.88 bits per heavy atom. The van der Waals surface area contributed by atoms with Gasteiger partial charge in [-0.15, -0.1) is 6.58 Å². The molecule has 0 fully saturated rings. The molecule has 122 valence electrons. The van der Waals surface area contributed by atoms with Crippen LogP contribution in [0.5, 0.6) is 0 Å². The van der Waals surface area contributed by atoms with Crippen LogP contribution in [0.15, 0.2) is 60.1 Å². The van der Waals surface area contributed by atoms with Crippen molar-refractivity contribution in [2.24, 2.45) is 10.4 Å². The third kappa shape index (κ3) is 3.68. The van der Waals surface area contributed by atoms with E-state index >= 15 is 0 Å². The Kier molecular flexibility index (Phi) is 6.16. The SMILES string of the molecule is C=CCC1(CCc2cccc3ccccc23)C(=O)N=C([O-])NC1=O.[Na+]. The van der Waals surface area contributed by atoms with Crippen molar-refractivity contribution in [1.82, 2.24) is 5.32 Å². The van der Waals surface area contributed by atoms with Crippen LogP contribution in [0.2, 0.25) is 0 Å². The van der Waals surface area contributed by atoms with Gasteiger partial charge in [-0.2, -0.15) is 0 Å². The molecule has 0 aliphatic carbocycles. The van der Waals surface area contributed by atoms with Gasteiger partial charge in [0.2, 0.25) is 5.91 Å². The number of hydrogen-bond acceptors (Lipinski definition) is 3. The van der Waals surface area contributed by atoms with Crippen LogP contribution in [-0.4, -0.2) is 17.8 Å². The molecule has 1 atom stereocenters. The largest absolute Gasteiger partial charge is 1.00 e. The summed E-state index contributed by atoms with van der Waals surface area (Å²) >= 11 is 0. The van der Waals surface area contributed by atoms with E-state index in [1.54, 1.807) is 0 Å². The molecule has 0 saturated heterocycles. The van der Waals surface area contributed by atoms with Crippen molar-refractivity contribution in [3.63, 3.8) is 0 Å². The number of allylic oxidation sites excluding steroid dienone is 1. The second-order valence-electron chi connectivity index (χ2n) is 5.89. The number of fused-ring (bicyclic) bond motifs is 1. The van der Waals surface area contributed by atoms with E-state index in [1.807, 2.05) is 42.5 Å². The molecule has 0 radical (unpaired) electrons. The van der Waals surface area contributed by atoms with E-state index in [2.05, 4.69) is 16.9 Å². The molecule has 2 amide bonds. The predicted molar refractivity (Wildman–Crippen MR) is 90.1 cm³/mol. The number of aryl methyl sites for hydroxylation is 1. The number of hydrogen-bond donors (Lipinski definition) is 1. The van der Waals surface area contributed by atoms with Crippen molar-refractivity contribution >= 4 is 28.6 Å². The quantitative estimate of drug-likeness (QED) is 0.416. The average molecular weight is 344 g/mol. The van der Waals surface area contributed by atoms with Crippen LogP contribution in [0.3, 0.4) is 0 Å². The fourth-order valence-electron chi connectivity index (χ4n) is 3.15. The first kappa shape index (κ1) is 19.4. The van der Waals surface area contributed by atoms with E-state index in [9.17, 15) is 14.7 Å². The van der Waals surface area contributed by atoms with E-state index in [0.717, 1.165) is 16.3 Å². The predicted octanol–water partition coefficient (Wildman–Crippen LogP) is -1.29. The van der Waals surface area contributed by atoms with Crippen molar-refractivity contribution in [2.45, 2.75) is 19.3 Å². The van der Waals surface area contributed by atoms with Gasteiger partial charge in [0, 0.05) is 0 Å². The second kappa shape index (κ2) is 7.95. The van der Waals surface area contributed by atoms with Crippen LogP contribution < -0.4 is 40.0 Å². The van der Waals surface area contributed by atoms with Crippen LogP contribution in [-0.2, 0) is 16.0 Å². The molecule has 1 aliphatic rings. The number of amidine groups is 1. The maximum Gasteiger partial charge on any atom is 1.00 e. The number of nitrogens with one attached hydrogen (secondary N) is 1. The molecule has 0 saturated carbocycles. The van der Waals surface area contributed by atoms with Crippen LogP contribution in [0.25, 0.3) is 10.8 Å². The average Bonchev–Trinajstić information content (AvgIpc) is 2.57. The summed E-state index contributed by atoms with van der Waals surface area (Å²) in [6.45, 7) is 3.63. The zero-order valence-corrected chi connectivity index (χ0v) is 16.1. The normalized spacial score (nSPS) is 19.8. The Morgan fingerprint density at radius 1 is 1.16 bits per heavy atom. The molecule has 1 unspecified atom stereocenters. The van der Waals surface area contributed by atoms with Crippen molar-refractivity contribution in [1.29, 1.82) is 0 Å². The maximum absolute atomic E-state index is 12.4. The van der Waals surface area contributed by atoms with Crippen molar-refractivity contribution in [3.8, 4) is 0 Å². The summed E-state index contributed by atoms with van der Waals surface area (Å²) < 4.78 is 0. The van der Waals surface area contributed by atoms with E-state index < -0.39 is 23.3 Å². The van der Waals surface area contributed by atoms with Crippen molar-refractivity contribution in [3.05, 3.63) is 60.7 Å². The van der Waals surface area contributed by atoms with Gasteiger partial charge in [0.1, 0.15) is 5.41 Å². The topological polar surface area (TPSA) is 81.6 Å². The maximum atomic E-state index is 12.4. The molecule has 0 spiro atoms. The Hall–Kier alpha value is -1.95. The van der Waals surface area contributed by atoms with Gasteiger partial charge in [-0.3, -0.25) is 9.59 Å². The molecule has 6 heteroatoms. The molecule has 2 aromatic carbocycles. The summed E-state index contributed by atoms with van der Waals surface area (Å²) in [4.78, 5) is 28.1. The van der Waals surface area contributed by atoms with Crippen LogP contribution in [0.1, 0.15) is 18.4 Å². The molecular weight excluding hydrogens is 327 g/mol. The summed E-state index contributed by atoms with van der Waals surface area (Å²) in [7, 11) is 0. The number of amides is 2. The monoisotopic (exact) mass is 344 g/mol. The first-order valence-corrected chi connectivity index (χ1v) is 7.76. The van der Waals surface area contributed by atoms with Crippen LogP contribution in [0, 0.1) is 5.41 Å². The minimum atomic E-state index is -1.35. The van der Waals surface area contributed by atoms with E-state index in [4.69, 9.17) is 0 Å². The van der Waals surface area contributed by atoms with Gasteiger partial charge >= 0.3 is 29.6 Å². The van der Waals surface area contributed by atoms with Gasteiger partial charge in [-0.25, -0.2) is 4.99 Å². The first-order valence-electron chi connectivity index (χ1n) is 7.76. The molecule has 1 heterocycles. The summed E-state index contributed by atoms with van der Waals surface area (Å²) in [6.07, 6.45) is 2.47. The van der Waals surface area contributed by atoms with Crippen LogP contribution >= 0.6 is 0 Å². The molecule has 1 aliphatic heterocycles. The van der Waals surface area contributed by atoms with Gasteiger partial charge in [-0.05, 0) is 35.6 Å². The summed E-state index contributed by atoms with van der Waals surface area (Å²) in [5.74, 6) is -1.27. The van der Waals surface area contributed by atoms with E-state index in [1.165, 1.54) is 6.08 Å². The molecule has 0 aromatic heterocycles. The Bertz CT molecular complexity index is 857. The Balaban J connectivity index is 0.00000225. The molecule has 2 aromatic rings. The zero-order chi connectivity index (χ0) is 17.2. The molecule has 3 rings (SSSR count). The molecular formula is C19H17N2NaO3. The summed E-state index contributed by atoms with van der Waals surface area (Å²) in [5.41, 5.74) is -0.305. The Morgan fingerprint density at radius 3 is 2.60 bits per heavy atom. The van der Waals surface area contributed by atoms with Crippen molar-refractivity contribution < 1.29 is 44.3 Å². The second-order valence-corrected chi connectivity index (χ2v) is 5.89. The Labute approximate surface area is 168 Å². The standard InChI is InChI=1S/C19H18N2O3.Na/c1-2-11-19(16(22)20-18(24)21-17(19)23)12-10-14-8-5-7-13-6-3-4-9-15(13)14;/h2-9H,1,10-12H2,(H2,20,21,22,23,24);/q;+1/p-1. The van der Waals surface area contributed by atoms with Crippen molar-refractivity contribution in [2.75, 3.05) is 0 Å². The van der Waals surface area contributed by atoms with Gasteiger partial charge in [0.15, 0.2) is 0 Å². The third-order valence-electron chi connectivity index (χ3n) is 4.46. The fraction of sp³-hybridized carbons (Fsp3) is 0.211. The smallest absolute Gasteiger partial charge is 0.846 e. The van der Waals surface area contributed by atoms with Crippen LogP contribution in [0.4, 0.5) is 0 Å². The number of aliphatic imine (C=N–C) groups is 1. The molecule has 5 nitrogen and oxygen atoms in total. The minimum absolute atomic E-state index is 0. The molecule has 0 bridgehead atoms. The van der Waals surface area contributed by atoms with Gasteiger partial charge in [-0.1, -0.05) is 48.5 Å². The van der Waals surface area contributed by atoms with Gasteiger partial charge < -0.3 is 10.4 Å². The zero-order valence-electron chi connectivity index (χ0n) is 14.1. The first-order chi connectivity index (χ1) is 11.6. The summed E-state index contributed by atoms with van der Waals surface area (Å²) in [5, 5.41) is 15.6. The number of rotatable bonds is 5. The number of carbonyl (C=O) groups excluding carboxylic acids is 2. The molecule has 25 heavy (non-hydrogen) atoms. The van der Waals surface area contributed by atoms with E-state index in [-0.39, 0.29) is 42.4 Å². The van der Waals surface area contributed by atoms with Gasteiger partial charge in [0.05, 0.1) is 6.02 Å². The minimum Gasteiger partial charge on any atom is -0.846 e. The number of benzene rings is 2. The third-order valence-corrected chi connectivity index (χ3v) is 4.46. The molecule has 1 N–H and O–H groups in total. The fourth-order valence-corrected chi connectivity index (χ4v) is 3.15. The summed E-state index contributed by atoms with van der Waals surface area (Å²) in [6, 6.07) is 13.0.